The molecule has 2 aromatic carbocycles. The minimum Gasteiger partial charge on any atom is -0.495 e. The molecule has 2 aromatic rings. The van der Waals surface area contributed by atoms with Crippen LogP contribution in [0.1, 0.15) is 33.8 Å². The molecule has 0 unspecified atom stereocenters. The van der Waals surface area contributed by atoms with Gasteiger partial charge in [0.15, 0.2) is 0 Å². The van der Waals surface area contributed by atoms with E-state index in [0.717, 1.165) is 16.5 Å². The van der Waals surface area contributed by atoms with Crippen molar-refractivity contribution in [3.63, 3.8) is 0 Å². The summed E-state index contributed by atoms with van der Waals surface area (Å²) in [6.07, 6.45) is 0.329. The number of anilines is 1. The number of carbonyl (C=O) groups excluding carboxylic acids is 1. The second kappa shape index (κ2) is 9.62. The minimum atomic E-state index is -0.568. The minimum absolute atomic E-state index is 0. The summed E-state index contributed by atoms with van der Waals surface area (Å²) in [5.41, 5.74) is 1.27. The van der Waals surface area contributed by atoms with Gasteiger partial charge in [0.05, 0.1) is 12.8 Å². The van der Waals surface area contributed by atoms with Gasteiger partial charge in [-0.05, 0) is 51.0 Å². The second-order valence-electron chi connectivity index (χ2n) is 6.68. The van der Waals surface area contributed by atoms with Crippen molar-refractivity contribution >= 4 is 27.7 Å². The number of hydrogen-bond acceptors (Lipinski definition) is 3. The molecule has 2 rings (SSSR count). The van der Waals surface area contributed by atoms with Crippen molar-refractivity contribution in [3.8, 4) is 5.75 Å². The molecule has 0 spiro atoms. The van der Waals surface area contributed by atoms with E-state index in [0.29, 0.717) is 18.0 Å². The molecular weight excluding hydrogens is 394 g/mol. The predicted octanol–water partition coefficient (Wildman–Crippen LogP) is 6.08. The van der Waals surface area contributed by atoms with Crippen LogP contribution in [0.4, 0.5) is 10.5 Å². The molecular formula is C21H28BrNO3. The monoisotopic (exact) mass is 421 g/mol. The van der Waals surface area contributed by atoms with Crippen LogP contribution in [0.2, 0.25) is 0 Å². The van der Waals surface area contributed by atoms with E-state index in [-0.39, 0.29) is 13.5 Å². The van der Waals surface area contributed by atoms with Crippen LogP contribution in [0.3, 0.4) is 0 Å². The Hall–Kier alpha value is -2.01. The van der Waals surface area contributed by atoms with Crippen molar-refractivity contribution in [2.24, 2.45) is 0 Å². The zero-order valence-electron chi connectivity index (χ0n) is 15.1. The van der Waals surface area contributed by atoms with E-state index in [1.807, 2.05) is 69.3 Å². The number of amides is 1. The number of nitrogens with zero attached hydrogens (tertiary/aromatic N) is 1. The van der Waals surface area contributed by atoms with Crippen molar-refractivity contribution < 1.29 is 14.3 Å². The molecule has 0 aromatic heterocycles. The SMILES string of the molecule is C.COc1ccc(Br)cc1N(CCc1ccccc1)C(=O)OC(C)(C)C. The predicted molar refractivity (Wildman–Crippen MR) is 111 cm³/mol. The van der Waals surface area contributed by atoms with Crippen LogP contribution < -0.4 is 9.64 Å². The summed E-state index contributed by atoms with van der Waals surface area (Å²) in [7, 11) is 1.59. The molecule has 4 nitrogen and oxygen atoms in total. The van der Waals surface area contributed by atoms with Gasteiger partial charge in [-0.2, -0.15) is 0 Å². The van der Waals surface area contributed by atoms with Crippen LogP contribution in [0.15, 0.2) is 53.0 Å². The van der Waals surface area contributed by atoms with E-state index in [2.05, 4.69) is 15.9 Å². The Balaban J connectivity index is 0.00000338. The Kier molecular flexibility index (Phi) is 8.15. The van der Waals surface area contributed by atoms with Gasteiger partial charge in [-0.1, -0.05) is 53.7 Å². The highest BCUT2D eigenvalue weighted by molar-refractivity contribution is 9.10. The average Bonchev–Trinajstić information content (AvgIpc) is 2.54. The van der Waals surface area contributed by atoms with Crippen LogP contribution in [0, 0.1) is 0 Å². The van der Waals surface area contributed by atoms with Crippen molar-refractivity contribution in [3.05, 3.63) is 58.6 Å². The molecule has 0 N–H and O–H groups in total. The van der Waals surface area contributed by atoms with E-state index >= 15 is 0 Å². The van der Waals surface area contributed by atoms with Gasteiger partial charge in [-0.15, -0.1) is 0 Å². The van der Waals surface area contributed by atoms with Crippen LogP contribution in [-0.4, -0.2) is 25.3 Å². The molecule has 0 saturated carbocycles. The van der Waals surface area contributed by atoms with E-state index in [4.69, 9.17) is 9.47 Å². The Bertz CT molecular complexity index is 711. The Morgan fingerprint density at radius 2 is 1.77 bits per heavy atom. The van der Waals surface area contributed by atoms with E-state index in [1.165, 1.54) is 0 Å². The molecule has 26 heavy (non-hydrogen) atoms. The topological polar surface area (TPSA) is 38.8 Å². The molecule has 0 atom stereocenters. The molecule has 0 aliphatic carbocycles. The normalized spacial score (nSPS) is 10.7. The number of methoxy groups -OCH3 is 1. The maximum atomic E-state index is 12.8. The van der Waals surface area contributed by atoms with Crippen molar-refractivity contribution in [2.75, 3.05) is 18.6 Å². The largest absolute Gasteiger partial charge is 0.495 e. The zero-order valence-corrected chi connectivity index (χ0v) is 16.7. The van der Waals surface area contributed by atoms with Crippen LogP contribution in [0.5, 0.6) is 5.75 Å². The van der Waals surface area contributed by atoms with Gasteiger partial charge in [0, 0.05) is 11.0 Å². The first-order valence-corrected chi connectivity index (χ1v) is 8.97. The van der Waals surface area contributed by atoms with Gasteiger partial charge in [-0.25, -0.2) is 4.79 Å². The third-order valence-corrected chi connectivity index (χ3v) is 4.01. The van der Waals surface area contributed by atoms with Gasteiger partial charge in [0.25, 0.3) is 0 Å². The number of carbonyl (C=O) groups is 1. The third kappa shape index (κ3) is 6.37. The number of halogens is 1. The maximum Gasteiger partial charge on any atom is 0.414 e. The van der Waals surface area contributed by atoms with Crippen LogP contribution >= 0.6 is 15.9 Å². The lowest BCUT2D eigenvalue weighted by Crippen LogP contribution is -2.38. The number of hydrogen-bond donors (Lipinski definition) is 0. The Morgan fingerprint density at radius 1 is 1.12 bits per heavy atom. The Labute approximate surface area is 165 Å². The molecule has 142 valence electrons. The summed E-state index contributed by atoms with van der Waals surface area (Å²) in [5.74, 6) is 0.627. The molecule has 0 bridgehead atoms. The summed E-state index contributed by atoms with van der Waals surface area (Å²) >= 11 is 3.47. The number of benzene rings is 2. The fourth-order valence-electron chi connectivity index (χ4n) is 2.39. The molecule has 0 heterocycles. The van der Waals surface area contributed by atoms with Crippen molar-refractivity contribution in [1.82, 2.24) is 0 Å². The molecule has 0 fully saturated rings. The van der Waals surface area contributed by atoms with Crippen molar-refractivity contribution in [2.45, 2.75) is 40.2 Å². The van der Waals surface area contributed by atoms with E-state index < -0.39 is 5.60 Å². The zero-order chi connectivity index (χ0) is 18.4. The molecule has 0 saturated heterocycles. The first-order valence-electron chi connectivity index (χ1n) is 8.18. The lowest BCUT2D eigenvalue weighted by Gasteiger charge is -2.28. The fraction of sp³-hybridized carbons (Fsp3) is 0.381. The highest BCUT2D eigenvalue weighted by Crippen LogP contribution is 2.32. The molecule has 1 amide bonds. The summed E-state index contributed by atoms with van der Waals surface area (Å²) in [5, 5.41) is 0. The van der Waals surface area contributed by atoms with Gasteiger partial charge in [0.2, 0.25) is 0 Å². The van der Waals surface area contributed by atoms with Gasteiger partial charge in [-0.3, -0.25) is 4.90 Å². The van der Waals surface area contributed by atoms with Crippen LogP contribution in [-0.2, 0) is 11.2 Å². The Morgan fingerprint density at radius 3 is 2.35 bits per heavy atom. The lowest BCUT2D eigenvalue weighted by molar-refractivity contribution is 0.0580. The fourth-order valence-corrected chi connectivity index (χ4v) is 2.74. The van der Waals surface area contributed by atoms with Crippen molar-refractivity contribution in [1.29, 1.82) is 0 Å². The quantitative estimate of drug-likeness (QED) is 0.586. The maximum absolute atomic E-state index is 12.8. The highest BCUT2D eigenvalue weighted by Gasteiger charge is 2.25. The van der Waals surface area contributed by atoms with E-state index in [9.17, 15) is 4.79 Å². The second-order valence-corrected chi connectivity index (χ2v) is 7.60. The smallest absolute Gasteiger partial charge is 0.414 e. The van der Waals surface area contributed by atoms with Gasteiger partial charge in [0.1, 0.15) is 11.4 Å². The number of rotatable bonds is 5. The third-order valence-electron chi connectivity index (χ3n) is 3.51. The first kappa shape index (κ1) is 22.0. The summed E-state index contributed by atoms with van der Waals surface area (Å²) in [6.45, 7) is 6.07. The summed E-state index contributed by atoms with van der Waals surface area (Å²) in [6, 6.07) is 15.6. The number of ether oxygens (including phenoxy) is 2. The van der Waals surface area contributed by atoms with E-state index in [1.54, 1.807) is 12.0 Å². The lowest BCUT2D eigenvalue weighted by atomic mass is 10.1. The molecule has 0 radical (unpaired) electrons. The highest BCUT2D eigenvalue weighted by atomic mass is 79.9. The molecule has 0 aliphatic heterocycles. The summed E-state index contributed by atoms with van der Waals surface area (Å²) < 4.78 is 11.9. The van der Waals surface area contributed by atoms with Gasteiger partial charge >= 0.3 is 6.09 Å². The van der Waals surface area contributed by atoms with Crippen LogP contribution in [0.25, 0.3) is 0 Å². The van der Waals surface area contributed by atoms with Gasteiger partial charge < -0.3 is 9.47 Å². The molecule has 5 heteroatoms. The standard InChI is InChI=1S/C20H24BrNO3.CH4/c1-20(2,3)25-19(23)22(13-12-15-8-6-5-7-9-15)17-14-16(21)10-11-18(17)24-4;/h5-11,14H,12-13H2,1-4H3;1H4. The first-order chi connectivity index (χ1) is 11.8. The summed E-state index contributed by atoms with van der Waals surface area (Å²) in [4.78, 5) is 14.4. The molecule has 0 aliphatic rings. The average molecular weight is 422 g/mol.